The molecule has 0 saturated carbocycles. The van der Waals surface area contributed by atoms with Gasteiger partial charge in [-0.3, -0.25) is 9.69 Å². The van der Waals surface area contributed by atoms with E-state index in [4.69, 9.17) is 4.74 Å². The van der Waals surface area contributed by atoms with Crippen LogP contribution < -0.4 is 5.32 Å². The van der Waals surface area contributed by atoms with E-state index < -0.39 is 21.9 Å². The zero-order valence-electron chi connectivity index (χ0n) is 20.9. The van der Waals surface area contributed by atoms with Crippen molar-refractivity contribution in [2.75, 3.05) is 31.6 Å². The number of ether oxygens (including phenoxy) is 1. The van der Waals surface area contributed by atoms with Gasteiger partial charge in [-0.2, -0.15) is 4.31 Å². The zero-order valence-corrected chi connectivity index (χ0v) is 23.4. The molecule has 0 unspecified atom stereocenters. The summed E-state index contributed by atoms with van der Waals surface area (Å²) in [6.45, 7) is 8.91. The van der Waals surface area contributed by atoms with Crippen LogP contribution in [0.25, 0.3) is 0 Å². The summed E-state index contributed by atoms with van der Waals surface area (Å²) in [6, 6.07) is 6.37. The molecule has 2 aliphatic rings. The maximum atomic E-state index is 13.1. The summed E-state index contributed by atoms with van der Waals surface area (Å²) >= 11 is 1.41. The van der Waals surface area contributed by atoms with E-state index in [1.54, 1.807) is 6.92 Å². The lowest BCUT2D eigenvalue weighted by Crippen LogP contribution is -2.35. The van der Waals surface area contributed by atoms with Crippen LogP contribution in [0.5, 0.6) is 0 Å². The maximum absolute atomic E-state index is 13.1. The molecule has 1 fully saturated rings. The topological polar surface area (TPSA) is 96.0 Å². The molecule has 1 N–H and O–H groups in total. The average Bonchev–Trinajstić information content (AvgIpc) is 3.21. The number of amides is 1. The summed E-state index contributed by atoms with van der Waals surface area (Å²) in [5.74, 6) is -0.821. The number of carbonyl (C=O) groups is 2. The van der Waals surface area contributed by atoms with Crippen LogP contribution in [0.3, 0.4) is 0 Å². The highest BCUT2D eigenvalue weighted by molar-refractivity contribution is 7.89. The van der Waals surface area contributed by atoms with E-state index in [0.717, 1.165) is 49.2 Å². The minimum absolute atomic E-state index is 0. The minimum atomic E-state index is -3.56. The average molecular weight is 556 g/mol. The number of nitrogens with zero attached hydrogens (tertiary/aromatic N) is 2. The lowest BCUT2D eigenvalue weighted by atomic mass is 10.0. The van der Waals surface area contributed by atoms with Crippen LogP contribution in [0.2, 0.25) is 0 Å². The van der Waals surface area contributed by atoms with Gasteiger partial charge in [0.05, 0.1) is 17.1 Å². The number of nitrogens with one attached hydrogen (secondary N) is 1. The van der Waals surface area contributed by atoms with E-state index in [0.29, 0.717) is 35.3 Å². The van der Waals surface area contributed by atoms with Gasteiger partial charge in [0.1, 0.15) is 5.00 Å². The molecule has 1 amide bonds. The molecule has 0 radical (unpaired) electrons. The van der Waals surface area contributed by atoms with E-state index >= 15 is 0 Å². The number of hydrogen-bond donors (Lipinski definition) is 1. The van der Waals surface area contributed by atoms with Crippen molar-refractivity contribution in [3.8, 4) is 0 Å². The Kier molecular flexibility index (Phi) is 9.56. The first-order valence-corrected chi connectivity index (χ1v) is 14.4. The number of hydrogen-bond acceptors (Lipinski definition) is 7. The molecule has 0 spiro atoms. The predicted molar refractivity (Wildman–Crippen MR) is 144 cm³/mol. The quantitative estimate of drug-likeness (QED) is 0.504. The molecule has 2 aromatic rings. The third-order valence-electron chi connectivity index (χ3n) is 6.59. The Balaban J connectivity index is 0.00000361. The second-order valence-electron chi connectivity index (χ2n) is 9.19. The predicted octanol–water partition coefficient (Wildman–Crippen LogP) is 4.54. The molecule has 36 heavy (non-hydrogen) atoms. The lowest BCUT2D eigenvalue weighted by molar-refractivity contribution is 0.0526. The highest BCUT2D eigenvalue weighted by Gasteiger charge is 2.31. The minimum Gasteiger partial charge on any atom is -0.462 e. The van der Waals surface area contributed by atoms with Gasteiger partial charge in [0, 0.05) is 42.7 Å². The number of carbonyl (C=O) groups excluding carboxylic acids is 2. The number of fused-ring (bicyclic) bond motifs is 1. The standard InChI is InChI=1S/C25H33N3O5S2.ClH/c1-4-33-25(30)22-20-12-15-27(17(2)3)16-21(20)34-24(22)26-23(29)18-8-10-19(11-9-18)35(31,32)28-13-6-5-7-14-28;/h8-11,17H,4-7,12-16H2,1-3H3,(H,26,29);1H. The third-order valence-corrected chi connectivity index (χ3v) is 9.64. The number of piperidine rings is 1. The summed E-state index contributed by atoms with van der Waals surface area (Å²) in [7, 11) is -3.56. The highest BCUT2D eigenvalue weighted by atomic mass is 35.5. The number of anilines is 1. The molecule has 3 heterocycles. The number of esters is 1. The van der Waals surface area contributed by atoms with Crippen LogP contribution in [0, 0.1) is 0 Å². The number of sulfonamides is 1. The first-order chi connectivity index (χ1) is 16.7. The molecule has 2 aliphatic heterocycles. The molecule has 8 nitrogen and oxygen atoms in total. The van der Waals surface area contributed by atoms with Gasteiger partial charge < -0.3 is 10.1 Å². The van der Waals surface area contributed by atoms with Gasteiger partial charge in [0.15, 0.2) is 0 Å². The van der Waals surface area contributed by atoms with Gasteiger partial charge >= 0.3 is 5.97 Å². The largest absolute Gasteiger partial charge is 0.462 e. The van der Waals surface area contributed by atoms with Crippen molar-refractivity contribution in [3.05, 3.63) is 45.8 Å². The number of halogens is 1. The molecule has 198 valence electrons. The Labute approximate surface area is 223 Å². The molecule has 1 aromatic carbocycles. The second kappa shape index (κ2) is 12.0. The first kappa shape index (κ1) is 28.6. The highest BCUT2D eigenvalue weighted by Crippen LogP contribution is 2.38. The molecular weight excluding hydrogens is 522 g/mol. The third kappa shape index (κ3) is 5.94. The molecule has 1 aromatic heterocycles. The van der Waals surface area contributed by atoms with E-state index in [-0.39, 0.29) is 23.9 Å². The van der Waals surface area contributed by atoms with Gasteiger partial charge in [0.2, 0.25) is 10.0 Å². The number of thiophene rings is 1. The molecule has 0 atom stereocenters. The van der Waals surface area contributed by atoms with Crippen LogP contribution in [0.1, 0.15) is 71.2 Å². The summed E-state index contributed by atoms with van der Waals surface area (Å²) in [6.07, 6.45) is 3.49. The molecule has 0 aliphatic carbocycles. The SMILES string of the molecule is CCOC(=O)c1c(NC(=O)c2ccc(S(=O)(=O)N3CCCCC3)cc2)sc2c1CCN(C(C)C)C2.Cl. The molecule has 0 bridgehead atoms. The fraction of sp³-hybridized carbons (Fsp3) is 0.520. The van der Waals surface area contributed by atoms with E-state index in [1.165, 1.54) is 39.9 Å². The van der Waals surface area contributed by atoms with Crippen LogP contribution in [-0.4, -0.2) is 61.8 Å². The van der Waals surface area contributed by atoms with Crippen molar-refractivity contribution >= 4 is 50.6 Å². The van der Waals surface area contributed by atoms with Gasteiger partial charge in [-0.05, 0) is 69.9 Å². The van der Waals surface area contributed by atoms with Crippen molar-refractivity contribution in [2.45, 2.75) is 63.9 Å². The summed E-state index contributed by atoms with van der Waals surface area (Å²) in [4.78, 5) is 29.4. The van der Waals surface area contributed by atoms with Crippen molar-refractivity contribution in [3.63, 3.8) is 0 Å². The maximum Gasteiger partial charge on any atom is 0.341 e. The Bertz CT molecular complexity index is 1190. The molecule has 4 rings (SSSR count). The van der Waals surface area contributed by atoms with Crippen LogP contribution in [-0.2, 0) is 27.7 Å². The molecule has 1 saturated heterocycles. The number of rotatable bonds is 7. The van der Waals surface area contributed by atoms with Gasteiger partial charge in [-0.15, -0.1) is 23.7 Å². The van der Waals surface area contributed by atoms with Crippen molar-refractivity contribution in [1.82, 2.24) is 9.21 Å². The fourth-order valence-corrected chi connectivity index (χ4v) is 7.35. The Morgan fingerprint density at radius 3 is 2.36 bits per heavy atom. The smallest absolute Gasteiger partial charge is 0.341 e. The Hall–Kier alpha value is -1.98. The van der Waals surface area contributed by atoms with E-state index in [1.807, 2.05) is 0 Å². The van der Waals surface area contributed by atoms with Crippen LogP contribution >= 0.6 is 23.7 Å². The molecular formula is C25H34ClN3O5S2. The van der Waals surface area contributed by atoms with Gasteiger partial charge in [-0.1, -0.05) is 6.42 Å². The van der Waals surface area contributed by atoms with Crippen molar-refractivity contribution in [2.24, 2.45) is 0 Å². The van der Waals surface area contributed by atoms with Crippen molar-refractivity contribution < 1.29 is 22.7 Å². The fourth-order valence-electron chi connectivity index (χ4n) is 4.58. The zero-order chi connectivity index (χ0) is 25.2. The van der Waals surface area contributed by atoms with Crippen LogP contribution in [0.15, 0.2) is 29.2 Å². The van der Waals surface area contributed by atoms with E-state index in [2.05, 4.69) is 24.1 Å². The van der Waals surface area contributed by atoms with Crippen molar-refractivity contribution in [1.29, 1.82) is 0 Å². The summed E-state index contributed by atoms with van der Waals surface area (Å²) < 4.78 is 32.6. The van der Waals surface area contributed by atoms with E-state index in [9.17, 15) is 18.0 Å². The second-order valence-corrected chi connectivity index (χ2v) is 12.2. The first-order valence-electron chi connectivity index (χ1n) is 12.2. The monoisotopic (exact) mass is 555 g/mol. The lowest BCUT2D eigenvalue weighted by Gasteiger charge is -2.30. The summed E-state index contributed by atoms with van der Waals surface area (Å²) in [5, 5.41) is 3.37. The molecule has 11 heteroatoms. The Morgan fingerprint density at radius 1 is 1.08 bits per heavy atom. The summed E-state index contributed by atoms with van der Waals surface area (Å²) in [5.41, 5.74) is 1.71. The van der Waals surface area contributed by atoms with Gasteiger partial charge in [0.25, 0.3) is 5.91 Å². The van der Waals surface area contributed by atoms with Gasteiger partial charge in [-0.25, -0.2) is 13.2 Å². The van der Waals surface area contributed by atoms with Crippen LogP contribution in [0.4, 0.5) is 5.00 Å². The number of benzene rings is 1. The normalized spacial score (nSPS) is 16.8. The Morgan fingerprint density at radius 2 is 1.75 bits per heavy atom.